The van der Waals surface area contributed by atoms with Crippen molar-refractivity contribution in [1.29, 1.82) is 0 Å². The van der Waals surface area contributed by atoms with E-state index in [9.17, 15) is 33.9 Å². The zero-order valence-corrected chi connectivity index (χ0v) is 31.4. The summed E-state index contributed by atoms with van der Waals surface area (Å²) in [5, 5.41) is 19.0. The van der Waals surface area contributed by atoms with Crippen molar-refractivity contribution in [2.45, 2.75) is 123 Å². The number of carbonyl (C=O) groups excluding carboxylic acids is 6. The van der Waals surface area contributed by atoms with Gasteiger partial charge in [0.2, 0.25) is 17.7 Å². The largest absolute Gasteiger partial charge is 0.497 e. The van der Waals surface area contributed by atoms with E-state index < -0.39 is 96.4 Å². The van der Waals surface area contributed by atoms with Crippen LogP contribution in [0, 0.1) is 17.8 Å². The maximum atomic E-state index is 13.8. The maximum Gasteiger partial charge on any atom is 0.329 e. The Balaban J connectivity index is 2.58. The Labute approximate surface area is 300 Å². The molecule has 2 rings (SSSR count). The number of hydrogen-bond donors (Lipinski definition) is 5. The predicted octanol–water partition coefficient (Wildman–Crippen LogP) is 0.833. The summed E-state index contributed by atoms with van der Waals surface area (Å²) in [6, 6.07) is 1.06. The van der Waals surface area contributed by atoms with Crippen LogP contribution < -0.4 is 26.4 Å². The number of aliphatic hydroxyl groups is 1. The molecule has 0 aliphatic carbocycles. The number of cyclic esters (lactones) is 2. The number of nitrogens with zero attached hydrogens (tertiary/aromatic N) is 1. The van der Waals surface area contributed by atoms with Gasteiger partial charge in [0.25, 0.3) is 5.91 Å². The molecule has 0 unspecified atom stereocenters. The lowest BCUT2D eigenvalue weighted by Crippen LogP contribution is -2.57. The highest BCUT2D eigenvalue weighted by molar-refractivity contribution is 5.94. The zero-order chi connectivity index (χ0) is 38.7. The van der Waals surface area contributed by atoms with Crippen LogP contribution in [0.15, 0.2) is 24.3 Å². The van der Waals surface area contributed by atoms with Crippen LogP contribution in [0.4, 0.5) is 0 Å². The number of rotatable bonds is 7. The molecule has 6 N–H and O–H groups in total. The van der Waals surface area contributed by atoms with Crippen LogP contribution >= 0.6 is 0 Å². The van der Waals surface area contributed by atoms with Gasteiger partial charge in [-0.2, -0.15) is 0 Å². The number of benzene rings is 1. The lowest BCUT2D eigenvalue weighted by Gasteiger charge is -2.32. The number of nitrogens with two attached hydrogens (primary N) is 1. The highest BCUT2D eigenvalue weighted by atomic mass is 16.6. The number of ether oxygens (including phenoxy) is 3. The summed E-state index contributed by atoms with van der Waals surface area (Å²) in [4.78, 5) is 82.0. The van der Waals surface area contributed by atoms with Gasteiger partial charge < -0.3 is 45.9 Å². The smallest absolute Gasteiger partial charge is 0.329 e. The van der Waals surface area contributed by atoms with Crippen LogP contribution in [0.2, 0.25) is 0 Å². The molecular weight excluding hydrogens is 662 g/mol. The van der Waals surface area contributed by atoms with Crippen molar-refractivity contribution in [3.05, 3.63) is 29.8 Å². The van der Waals surface area contributed by atoms with Gasteiger partial charge in [-0.05, 0) is 55.7 Å². The van der Waals surface area contributed by atoms with E-state index in [0.717, 1.165) is 4.90 Å². The normalized spacial score (nSPS) is 28.4. The fourth-order valence-corrected chi connectivity index (χ4v) is 5.65. The van der Waals surface area contributed by atoms with E-state index in [1.54, 1.807) is 52.0 Å². The minimum Gasteiger partial charge on any atom is -0.497 e. The average molecular weight is 720 g/mol. The van der Waals surface area contributed by atoms with Crippen LogP contribution in [-0.2, 0) is 44.7 Å². The standard InChI is InChI=1S/C36H57N5O10/c1-18(2)15-25-32(44)38-21(7)35(47)41(9)26(16-23-11-13-24(49-10)14-12-23)36(48)50-22(8)29(37)33(45)40-30(19(3)4)27(42)17-28(43)51-31(20(5)6)34(46)39-25/h11-14,18-22,25-27,29-31,42H,15-17,37H2,1-10H3,(H,38,44)(H,39,46)(H,40,45)/t21-,22+,25-,26-,27-,29-,30+,31-/m0/s1. The lowest BCUT2D eigenvalue weighted by molar-refractivity contribution is -0.161. The minimum atomic E-state index is -1.43. The molecule has 1 heterocycles. The van der Waals surface area contributed by atoms with Crippen molar-refractivity contribution in [2.75, 3.05) is 14.2 Å². The van der Waals surface area contributed by atoms with Crippen LogP contribution in [0.5, 0.6) is 5.75 Å². The Hall–Kier alpha value is -4.24. The van der Waals surface area contributed by atoms with Gasteiger partial charge in [0.1, 0.15) is 36.0 Å². The number of aliphatic hydroxyl groups excluding tert-OH is 1. The van der Waals surface area contributed by atoms with Gasteiger partial charge in [-0.25, -0.2) is 4.79 Å². The molecule has 1 aliphatic heterocycles. The van der Waals surface area contributed by atoms with E-state index in [1.807, 2.05) is 13.8 Å². The predicted molar refractivity (Wildman–Crippen MR) is 188 cm³/mol. The molecule has 51 heavy (non-hydrogen) atoms. The third kappa shape index (κ3) is 12.5. The molecule has 8 atom stereocenters. The lowest BCUT2D eigenvalue weighted by atomic mass is 9.95. The van der Waals surface area contributed by atoms with Gasteiger partial charge >= 0.3 is 11.9 Å². The van der Waals surface area contributed by atoms with E-state index in [2.05, 4.69) is 16.0 Å². The first-order valence-corrected chi connectivity index (χ1v) is 17.4. The number of likely N-dealkylation sites (N-methyl/N-ethyl adjacent to an activating group) is 1. The average Bonchev–Trinajstić information content (AvgIpc) is 3.05. The quantitative estimate of drug-likeness (QED) is 0.249. The van der Waals surface area contributed by atoms with E-state index in [0.29, 0.717) is 11.3 Å². The third-order valence-corrected chi connectivity index (χ3v) is 8.79. The van der Waals surface area contributed by atoms with E-state index in [4.69, 9.17) is 19.9 Å². The zero-order valence-electron chi connectivity index (χ0n) is 31.4. The Kier molecular flexibility index (Phi) is 16.3. The topological polar surface area (TPSA) is 216 Å². The van der Waals surface area contributed by atoms with Crippen molar-refractivity contribution < 1.29 is 48.1 Å². The van der Waals surface area contributed by atoms with Crippen molar-refractivity contribution in [1.82, 2.24) is 20.9 Å². The summed E-state index contributed by atoms with van der Waals surface area (Å²) >= 11 is 0. The SMILES string of the molecule is COc1ccc(C[C@H]2C(=O)O[C@H](C)[C@H](N)C(=O)N[C@H](C(C)C)[C@@H](O)CC(=O)O[C@@H](C(C)C)C(=O)N[C@@H](CC(C)C)C(=O)N[C@@H](C)C(=O)N2C)cc1. The molecule has 15 nitrogen and oxygen atoms in total. The summed E-state index contributed by atoms with van der Waals surface area (Å²) in [7, 11) is 2.92. The van der Waals surface area contributed by atoms with Gasteiger partial charge in [-0.15, -0.1) is 0 Å². The summed E-state index contributed by atoms with van der Waals surface area (Å²) in [5.41, 5.74) is 6.89. The number of esters is 2. The fraction of sp³-hybridized carbons (Fsp3) is 0.667. The van der Waals surface area contributed by atoms with Crippen LogP contribution in [0.25, 0.3) is 0 Å². The first-order chi connectivity index (χ1) is 23.8. The second-order valence-electron chi connectivity index (χ2n) is 14.3. The molecule has 15 heteroatoms. The first kappa shape index (κ1) is 42.9. The Bertz CT molecular complexity index is 1370. The van der Waals surface area contributed by atoms with Crippen molar-refractivity contribution in [2.24, 2.45) is 23.5 Å². The van der Waals surface area contributed by atoms with Crippen LogP contribution in [0.1, 0.15) is 73.8 Å². The second-order valence-corrected chi connectivity index (χ2v) is 14.3. The molecule has 4 amide bonds. The minimum absolute atomic E-state index is 0.0121. The number of carbonyl (C=O) groups is 6. The van der Waals surface area contributed by atoms with Crippen LogP contribution in [-0.4, -0.2) is 108 Å². The summed E-state index contributed by atoms with van der Waals surface area (Å²) in [6.45, 7) is 13.4. The highest BCUT2D eigenvalue weighted by Crippen LogP contribution is 2.19. The highest BCUT2D eigenvalue weighted by Gasteiger charge is 2.38. The molecule has 1 saturated heterocycles. The molecule has 0 saturated carbocycles. The molecule has 0 radical (unpaired) electrons. The van der Waals surface area contributed by atoms with Gasteiger partial charge in [0, 0.05) is 13.5 Å². The number of amides is 4. The molecule has 0 aromatic heterocycles. The molecule has 1 aliphatic rings. The first-order valence-electron chi connectivity index (χ1n) is 17.4. The fourth-order valence-electron chi connectivity index (χ4n) is 5.65. The summed E-state index contributed by atoms with van der Waals surface area (Å²) in [5.74, 6) is -4.87. The number of methoxy groups -OCH3 is 1. The molecule has 286 valence electrons. The van der Waals surface area contributed by atoms with E-state index in [1.165, 1.54) is 28.0 Å². The molecule has 1 aromatic rings. The molecular formula is C36H57N5O10. The van der Waals surface area contributed by atoms with Gasteiger partial charge in [-0.1, -0.05) is 53.7 Å². The van der Waals surface area contributed by atoms with E-state index >= 15 is 0 Å². The van der Waals surface area contributed by atoms with Gasteiger partial charge in [0.05, 0.1) is 25.7 Å². The van der Waals surface area contributed by atoms with Crippen LogP contribution in [0.3, 0.4) is 0 Å². The van der Waals surface area contributed by atoms with Gasteiger partial charge in [0.15, 0.2) is 6.10 Å². The summed E-state index contributed by atoms with van der Waals surface area (Å²) in [6.07, 6.45) is -4.26. The van der Waals surface area contributed by atoms with Crippen molar-refractivity contribution in [3.63, 3.8) is 0 Å². The van der Waals surface area contributed by atoms with Crippen molar-refractivity contribution >= 4 is 35.6 Å². The molecule has 1 fully saturated rings. The van der Waals surface area contributed by atoms with Gasteiger partial charge in [-0.3, -0.25) is 24.0 Å². The number of nitrogens with one attached hydrogen (secondary N) is 3. The third-order valence-electron chi connectivity index (χ3n) is 8.79. The summed E-state index contributed by atoms with van der Waals surface area (Å²) < 4.78 is 16.4. The molecule has 0 spiro atoms. The monoisotopic (exact) mass is 719 g/mol. The second kappa shape index (κ2) is 19.4. The molecule has 1 aromatic carbocycles. The molecule has 0 bridgehead atoms. The Morgan fingerprint density at radius 3 is 2.02 bits per heavy atom. The Morgan fingerprint density at radius 1 is 0.882 bits per heavy atom. The Morgan fingerprint density at radius 2 is 1.49 bits per heavy atom. The van der Waals surface area contributed by atoms with Crippen molar-refractivity contribution in [3.8, 4) is 5.75 Å². The number of hydrogen-bond acceptors (Lipinski definition) is 11. The van der Waals surface area contributed by atoms with E-state index in [-0.39, 0.29) is 24.7 Å². The maximum absolute atomic E-state index is 13.8.